The molecule has 0 radical (unpaired) electrons. The first-order chi connectivity index (χ1) is 8.87. The van der Waals surface area contributed by atoms with E-state index < -0.39 is 15.9 Å². The van der Waals surface area contributed by atoms with E-state index in [-0.39, 0.29) is 11.9 Å². The lowest BCUT2D eigenvalue weighted by Crippen LogP contribution is -2.35. The SMILES string of the molecule is CC1CCCC(OCC(O)CNCCS(C)(=O)=O)C1. The van der Waals surface area contributed by atoms with Crippen LogP contribution >= 0.6 is 0 Å². The number of nitrogens with one attached hydrogen (secondary N) is 1. The number of ether oxygens (including phenoxy) is 1. The van der Waals surface area contributed by atoms with Crippen LogP contribution in [-0.4, -0.2) is 57.4 Å². The molecule has 1 rings (SSSR count). The maximum atomic E-state index is 10.9. The van der Waals surface area contributed by atoms with Crippen molar-refractivity contribution in [2.45, 2.75) is 44.8 Å². The average Bonchev–Trinajstić information content (AvgIpc) is 2.31. The lowest BCUT2D eigenvalue weighted by molar-refractivity contribution is -0.0304. The van der Waals surface area contributed by atoms with Crippen molar-refractivity contribution in [1.82, 2.24) is 5.32 Å². The van der Waals surface area contributed by atoms with Crippen molar-refractivity contribution in [3.05, 3.63) is 0 Å². The summed E-state index contributed by atoms with van der Waals surface area (Å²) in [7, 11) is -2.93. The summed E-state index contributed by atoms with van der Waals surface area (Å²) in [5, 5.41) is 12.7. The summed E-state index contributed by atoms with van der Waals surface area (Å²) < 4.78 is 27.5. The van der Waals surface area contributed by atoms with Crippen molar-refractivity contribution < 1.29 is 18.3 Å². The van der Waals surface area contributed by atoms with Crippen LogP contribution in [0.25, 0.3) is 0 Å². The Kier molecular flexibility index (Phi) is 7.28. The summed E-state index contributed by atoms with van der Waals surface area (Å²) in [6.45, 7) is 3.30. The monoisotopic (exact) mass is 293 g/mol. The molecule has 0 spiro atoms. The molecule has 1 aliphatic rings. The third-order valence-electron chi connectivity index (χ3n) is 3.44. The molecule has 0 aromatic rings. The van der Waals surface area contributed by atoms with Gasteiger partial charge in [0.05, 0.1) is 24.6 Å². The molecule has 0 bridgehead atoms. The number of sulfone groups is 1. The molecule has 0 saturated heterocycles. The minimum atomic E-state index is -2.93. The maximum absolute atomic E-state index is 10.9. The summed E-state index contributed by atoms with van der Waals surface area (Å²) >= 11 is 0. The van der Waals surface area contributed by atoms with Crippen LogP contribution in [0.1, 0.15) is 32.6 Å². The zero-order valence-corrected chi connectivity index (χ0v) is 12.8. The van der Waals surface area contributed by atoms with Gasteiger partial charge in [0.25, 0.3) is 0 Å². The molecule has 0 aromatic heterocycles. The first-order valence-corrected chi connectivity index (χ1v) is 9.11. The van der Waals surface area contributed by atoms with E-state index in [2.05, 4.69) is 12.2 Å². The number of aliphatic hydroxyl groups excluding tert-OH is 1. The molecular formula is C13H27NO4S. The quantitative estimate of drug-likeness (QED) is 0.640. The molecule has 2 N–H and O–H groups in total. The minimum Gasteiger partial charge on any atom is -0.389 e. The second-order valence-electron chi connectivity index (χ2n) is 5.71. The second-order valence-corrected chi connectivity index (χ2v) is 7.97. The van der Waals surface area contributed by atoms with Gasteiger partial charge in [-0.05, 0) is 18.8 Å². The highest BCUT2D eigenvalue weighted by atomic mass is 32.2. The average molecular weight is 293 g/mol. The summed E-state index contributed by atoms with van der Waals surface area (Å²) in [4.78, 5) is 0. The van der Waals surface area contributed by atoms with Crippen LogP contribution in [0.5, 0.6) is 0 Å². The number of aliphatic hydroxyl groups is 1. The van der Waals surface area contributed by atoms with Crippen molar-refractivity contribution in [3.8, 4) is 0 Å². The van der Waals surface area contributed by atoms with E-state index in [9.17, 15) is 13.5 Å². The third-order valence-corrected chi connectivity index (χ3v) is 4.39. The number of hydrogen-bond donors (Lipinski definition) is 2. The predicted octanol–water partition coefficient (Wildman–Crippen LogP) is 0.577. The van der Waals surface area contributed by atoms with Crippen LogP contribution < -0.4 is 5.32 Å². The third kappa shape index (κ3) is 8.57. The highest BCUT2D eigenvalue weighted by Gasteiger charge is 2.20. The maximum Gasteiger partial charge on any atom is 0.148 e. The Morgan fingerprint density at radius 3 is 2.79 bits per heavy atom. The van der Waals surface area contributed by atoms with E-state index in [4.69, 9.17) is 4.74 Å². The molecule has 0 amide bonds. The van der Waals surface area contributed by atoms with E-state index in [1.807, 2.05) is 0 Å². The van der Waals surface area contributed by atoms with E-state index >= 15 is 0 Å². The Morgan fingerprint density at radius 1 is 1.42 bits per heavy atom. The van der Waals surface area contributed by atoms with Crippen LogP contribution in [0, 0.1) is 5.92 Å². The van der Waals surface area contributed by atoms with Gasteiger partial charge < -0.3 is 15.2 Å². The van der Waals surface area contributed by atoms with Crippen LogP contribution in [0.4, 0.5) is 0 Å². The van der Waals surface area contributed by atoms with Crippen LogP contribution in [0.3, 0.4) is 0 Å². The molecule has 3 atom stereocenters. The van der Waals surface area contributed by atoms with Crippen molar-refractivity contribution in [2.24, 2.45) is 5.92 Å². The Bertz CT molecular complexity index is 345. The molecule has 5 nitrogen and oxygen atoms in total. The molecule has 0 aromatic carbocycles. The fourth-order valence-corrected chi connectivity index (χ4v) is 2.88. The fraction of sp³-hybridized carbons (Fsp3) is 1.00. The van der Waals surface area contributed by atoms with Gasteiger partial charge in [-0.1, -0.05) is 19.8 Å². The van der Waals surface area contributed by atoms with Gasteiger partial charge in [-0.3, -0.25) is 0 Å². The summed E-state index contributed by atoms with van der Waals surface area (Å²) in [5.41, 5.74) is 0. The molecule has 1 saturated carbocycles. The van der Waals surface area contributed by atoms with Crippen LogP contribution in [0.2, 0.25) is 0 Å². The van der Waals surface area contributed by atoms with Gasteiger partial charge in [0.1, 0.15) is 9.84 Å². The number of rotatable bonds is 8. The normalized spacial score (nSPS) is 26.3. The van der Waals surface area contributed by atoms with E-state index in [0.717, 1.165) is 12.8 Å². The topological polar surface area (TPSA) is 75.6 Å². The van der Waals surface area contributed by atoms with Gasteiger partial charge >= 0.3 is 0 Å². The molecule has 1 fully saturated rings. The van der Waals surface area contributed by atoms with Gasteiger partial charge in [-0.25, -0.2) is 8.42 Å². The van der Waals surface area contributed by atoms with Crippen molar-refractivity contribution >= 4 is 9.84 Å². The molecule has 114 valence electrons. The highest BCUT2D eigenvalue weighted by molar-refractivity contribution is 7.90. The Morgan fingerprint density at radius 2 is 2.16 bits per heavy atom. The highest BCUT2D eigenvalue weighted by Crippen LogP contribution is 2.25. The lowest BCUT2D eigenvalue weighted by Gasteiger charge is -2.27. The fourth-order valence-electron chi connectivity index (χ4n) is 2.36. The Balaban J connectivity index is 2.06. The second kappa shape index (κ2) is 8.19. The Hall–Kier alpha value is -0.170. The summed E-state index contributed by atoms with van der Waals surface area (Å²) in [6.07, 6.45) is 5.54. The van der Waals surface area contributed by atoms with Gasteiger partial charge in [0, 0.05) is 19.3 Å². The first-order valence-electron chi connectivity index (χ1n) is 7.05. The molecule has 19 heavy (non-hydrogen) atoms. The van der Waals surface area contributed by atoms with Crippen LogP contribution in [0.15, 0.2) is 0 Å². The molecule has 1 aliphatic carbocycles. The minimum absolute atomic E-state index is 0.0979. The van der Waals surface area contributed by atoms with Gasteiger partial charge in [0.2, 0.25) is 0 Å². The first kappa shape index (κ1) is 16.9. The van der Waals surface area contributed by atoms with Gasteiger partial charge in [0.15, 0.2) is 0 Å². The van der Waals surface area contributed by atoms with Crippen molar-refractivity contribution in [2.75, 3.05) is 31.7 Å². The largest absolute Gasteiger partial charge is 0.389 e. The van der Waals surface area contributed by atoms with Gasteiger partial charge in [-0.2, -0.15) is 0 Å². The van der Waals surface area contributed by atoms with Crippen molar-refractivity contribution in [1.29, 1.82) is 0 Å². The Labute approximate surface area is 116 Å². The van der Waals surface area contributed by atoms with E-state index in [1.54, 1.807) is 0 Å². The van der Waals surface area contributed by atoms with Gasteiger partial charge in [-0.15, -0.1) is 0 Å². The van der Waals surface area contributed by atoms with Crippen molar-refractivity contribution in [3.63, 3.8) is 0 Å². The molecule has 3 unspecified atom stereocenters. The molecule has 6 heteroatoms. The molecular weight excluding hydrogens is 266 g/mol. The van der Waals surface area contributed by atoms with E-state index in [1.165, 1.54) is 19.1 Å². The van der Waals surface area contributed by atoms with E-state index in [0.29, 0.717) is 25.6 Å². The smallest absolute Gasteiger partial charge is 0.148 e. The zero-order chi connectivity index (χ0) is 14.3. The summed E-state index contributed by atoms with van der Waals surface area (Å²) in [6, 6.07) is 0. The lowest BCUT2D eigenvalue weighted by atomic mass is 9.89. The standard InChI is InChI=1S/C13H27NO4S/c1-11-4-3-5-13(8-11)18-10-12(15)9-14-6-7-19(2,16)17/h11-15H,3-10H2,1-2H3. The predicted molar refractivity (Wildman–Crippen MR) is 76.0 cm³/mol. The number of hydrogen-bond acceptors (Lipinski definition) is 5. The van der Waals surface area contributed by atoms with Crippen LogP contribution in [-0.2, 0) is 14.6 Å². The summed E-state index contributed by atoms with van der Waals surface area (Å²) in [5.74, 6) is 0.810. The molecule has 0 aliphatic heterocycles. The molecule has 0 heterocycles. The zero-order valence-electron chi connectivity index (χ0n) is 12.0.